The summed E-state index contributed by atoms with van der Waals surface area (Å²) < 4.78 is 25.3. The first kappa shape index (κ1) is 12.2. The van der Waals surface area contributed by atoms with Crippen molar-refractivity contribution in [2.45, 2.75) is 6.55 Å². The summed E-state index contributed by atoms with van der Waals surface area (Å²) in [6.07, 6.45) is 1.11. The van der Waals surface area contributed by atoms with Crippen LogP contribution in [0.25, 0.3) is 0 Å². The van der Waals surface area contributed by atoms with E-state index in [2.05, 4.69) is 10.4 Å². The average molecular weight is 268 g/mol. The van der Waals surface area contributed by atoms with E-state index in [1.54, 1.807) is 5.38 Å². The van der Waals surface area contributed by atoms with Gasteiger partial charge >= 0.3 is 6.55 Å². The van der Waals surface area contributed by atoms with Crippen molar-refractivity contribution in [3.05, 3.63) is 35.0 Å². The lowest BCUT2D eigenvalue weighted by molar-refractivity contribution is 0.0520. The van der Waals surface area contributed by atoms with Crippen LogP contribution in [0.2, 0.25) is 0 Å². The predicted octanol–water partition coefficient (Wildman–Crippen LogP) is 2.46. The number of rotatable bonds is 3. The summed E-state index contributed by atoms with van der Waals surface area (Å²) in [5, 5.41) is 16.5. The summed E-state index contributed by atoms with van der Waals surface area (Å²) >= 11 is 1.14. The number of hydrogen-bond donors (Lipinski definition) is 1. The van der Waals surface area contributed by atoms with Gasteiger partial charge in [0, 0.05) is 6.20 Å². The number of carbonyl (C=O) groups is 1. The van der Waals surface area contributed by atoms with Gasteiger partial charge in [-0.15, -0.1) is 11.3 Å². The first-order valence-electron chi connectivity index (χ1n) is 4.74. The van der Waals surface area contributed by atoms with E-state index in [0.717, 1.165) is 17.5 Å². The molecule has 0 aromatic carbocycles. The zero-order chi connectivity index (χ0) is 13.1. The van der Waals surface area contributed by atoms with Gasteiger partial charge in [-0.2, -0.15) is 23.8 Å². The molecule has 1 amide bonds. The van der Waals surface area contributed by atoms with Crippen molar-refractivity contribution in [3.63, 3.8) is 0 Å². The number of nitriles is 1. The molecular formula is C10H6F2N4OS. The third-order valence-electron chi connectivity index (χ3n) is 2.10. The number of carbonyl (C=O) groups excluding carboxylic acids is 1. The zero-order valence-electron chi connectivity index (χ0n) is 8.80. The molecule has 0 aliphatic heterocycles. The quantitative estimate of drug-likeness (QED) is 0.929. The molecule has 0 radical (unpaired) electrons. The second-order valence-electron chi connectivity index (χ2n) is 3.17. The molecular weight excluding hydrogens is 262 g/mol. The number of halogens is 2. The van der Waals surface area contributed by atoms with E-state index < -0.39 is 12.5 Å². The van der Waals surface area contributed by atoms with Crippen LogP contribution in [0, 0.1) is 11.3 Å². The Labute approximate surface area is 104 Å². The van der Waals surface area contributed by atoms with E-state index >= 15 is 0 Å². The van der Waals surface area contributed by atoms with Gasteiger partial charge in [0.25, 0.3) is 5.91 Å². The largest absolute Gasteiger partial charge is 0.333 e. The highest BCUT2D eigenvalue weighted by Gasteiger charge is 2.19. The number of alkyl halides is 2. The van der Waals surface area contributed by atoms with Crippen LogP contribution >= 0.6 is 11.3 Å². The Hall–Kier alpha value is -2.27. The molecule has 0 spiro atoms. The number of amides is 1. The Morgan fingerprint density at radius 2 is 2.33 bits per heavy atom. The first-order chi connectivity index (χ1) is 8.63. The molecule has 0 atom stereocenters. The molecule has 2 aromatic rings. The smallest absolute Gasteiger partial charge is 0.311 e. The summed E-state index contributed by atoms with van der Waals surface area (Å²) in [6.45, 7) is -2.89. The number of nitrogens with zero attached hydrogens (tertiary/aromatic N) is 3. The van der Waals surface area contributed by atoms with Gasteiger partial charge in [-0.05, 0) is 17.5 Å². The molecule has 2 heterocycles. The number of hydrogen-bond acceptors (Lipinski definition) is 4. The number of anilines is 1. The van der Waals surface area contributed by atoms with Crippen molar-refractivity contribution in [2.24, 2.45) is 0 Å². The maximum atomic E-state index is 12.5. The fourth-order valence-electron chi connectivity index (χ4n) is 1.31. The third-order valence-corrected chi connectivity index (χ3v) is 2.93. The molecule has 8 heteroatoms. The Balaban J connectivity index is 2.23. The monoisotopic (exact) mass is 268 g/mol. The van der Waals surface area contributed by atoms with Crippen molar-refractivity contribution in [1.29, 1.82) is 5.26 Å². The fourth-order valence-corrected chi connectivity index (χ4v) is 2.04. The van der Waals surface area contributed by atoms with E-state index in [-0.39, 0.29) is 11.3 Å². The van der Waals surface area contributed by atoms with Crippen molar-refractivity contribution >= 4 is 22.2 Å². The van der Waals surface area contributed by atoms with Crippen molar-refractivity contribution in [2.75, 3.05) is 5.32 Å². The number of nitrogens with one attached hydrogen (secondary N) is 1. The van der Waals surface area contributed by atoms with Gasteiger partial charge in [0.15, 0.2) is 0 Å². The normalized spacial score (nSPS) is 10.3. The Bertz CT molecular complexity index is 613. The molecule has 0 aliphatic rings. The average Bonchev–Trinajstić information content (AvgIpc) is 2.96. The Morgan fingerprint density at radius 3 is 3.00 bits per heavy atom. The van der Waals surface area contributed by atoms with Crippen molar-refractivity contribution < 1.29 is 13.6 Å². The lowest BCUT2D eigenvalue weighted by Gasteiger charge is -2.06. The van der Waals surface area contributed by atoms with Crippen molar-refractivity contribution in [1.82, 2.24) is 9.78 Å². The summed E-state index contributed by atoms with van der Waals surface area (Å²) in [5.41, 5.74) is 0.0266. The molecule has 0 bridgehead atoms. The molecule has 2 rings (SSSR count). The van der Waals surface area contributed by atoms with Gasteiger partial charge in [0.1, 0.15) is 16.8 Å². The van der Waals surface area contributed by atoms with Crippen LogP contribution in [0.15, 0.2) is 23.7 Å². The topological polar surface area (TPSA) is 70.7 Å². The molecule has 0 aliphatic carbocycles. The predicted molar refractivity (Wildman–Crippen MR) is 60.5 cm³/mol. The van der Waals surface area contributed by atoms with Crippen LogP contribution in [-0.2, 0) is 0 Å². The molecule has 18 heavy (non-hydrogen) atoms. The minimum Gasteiger partial charge on any atom is -0.311 e. The summed E-state index contributed by atoms with van der Waals surface area (Å²) in [7, 11) is 0. The van der Waals surface area contributed by atoms with Crippen molar-refractivity contribution in [3.8, 4) is 6.07 Å². The van der Waals surface area contributed by atoms with E-state index in [0.29, 0.717) is 9.68 Å². The van der Waals surface area contributed by atoms with Gasteiger partial charge < -0.3 is 5.32 Å². The van der Waals surface area contributed by atoms with Crippen LogP contribution in [0.1, 0.15) is 22.6 Å². The first-order valence-corrected chi connectivity index (χ1v) is 5.62. The maximum absolute atomic E-state index is 12.5. The van der Waals surface area contributed by atoms with E-state index in [9.17, 15) is 13.6 Å². The Kier molecular flexibility index (Phi) is 3.34. The molecule has 1 N–H and O–H groups in total. The van der Waals surface area contributed by atoms with Crippen LogP contribution in [0.3, 0.4) is 0 Å². The zero-order valence-corrected chi connectivity index (χ0v) is 9.62. The van der Waals surface area contributed by atoms with Gasteiger partial charge in [0.2, 0.25) is 0 Å². The molecule has 0 fully saturated rings. The van der Waals surface area contributed by atoms with E-state index in [4.69, 9.17) is 5.26 Å². The van der Waals surface area contributed by atoms with E-state index in [1.807, 2.05) is 6.07 Å². The lowest BCUT2D eigenvalue weighted by atomic mass is 10.3. The minimum absolute atomic E-state index is 0.262. The highest BCUT2D eigenvalue weighted by atomic mass is 32.1. The second-order valence-corrected chi connectivity index (χ2v) is 4.08. The SMILES string of the molecule is N#Cc1ccsc1NC(=O)c1ccnn1C(F)F. The summed E-state index contributed by atoms with van der Waals surface area (Å²) in [4.78, 5) is 11.8. The van der Waals surface area contributed by atoms with Gasteiger partial charge in [-0.25, -0.2) is 0 Å². The fraction of sp³-hybridized carbons (Fsp3) is 0.100. The standard InChI is InChI=1S/C10H6F2N4OS/c11-10(12)16-7(1-3-14-16)8(17)15-9-6(5-13)2-4-18-9/h1-4,10H,(H,15,17). The van der Waals surface area contributed by atoms with Gasteiger partial charge in [0.05, 0.1) is 5.56 Å². The molecule has 5 nitrogen and oxygen atoms in total. The molecule has 0 unspecified atom stereocenters. The van der Waals surface area contributed by atoms with Crippen LogP contribution < -0.4 is 5.32 Å². The van der Waals surface area contributed by atoms with Crippen LogP contribution in [0.4, 0.5) is 13.8 Å². The third kappa shape index (κ3) is 2.21. The highest BCUT2D eigenvalue weighted by Crippen LogP contribution is 2.23. The van der Waals surface area contributed by atoms with Crippen LogP contribution in [0.5, 0.6) is 0 Å². The minimum atomic E-state index is -2.89. The summed E-state index contributed by atoms with van der Waals surface area (Å²) in [5.74, 6) is -0.730. The molecule has 2 aromatic heterocycles. The van der Waals surface area contributed by atoms with E-state index in [1.165, 1.54) is 12.1 Å². The maximum Gasteiger partial charge on any atom is 0.333 e. The number of thiophene rings is 1. The highest BCUT2D eigenvalue weighted by molar-refractivity contribution is 7.14. The van der Waals surface area contributed by atoms with Gasteiger partial charge in [-0.1, -0.05) is 0 Å². The molecule has 0 saturated heterocycles. The molecule has 0 saturated carbocycles. The summed E-state index contributed by atoms with van der Waals surface area (Å²) in [6, 6.07) is 4.60. The molecule has 92 valence electrons. The Morgan fingerprint density at radius 1 is 1.56 bits per heavy atom. The number of aromatic nitrogens is 2. The van der Waals surface area contributed by atoms with Gasteiger partial charge in [-0.3, -0.25) is 4.79 Å². The lowest BCUT2D eigenvalue weighted by Crippen LogP contribution is -2.18. The van der Waals surface area contributed by atoms with Crippen LogP contribution in [-0.4, -0.2) is 15.7 Å². The second kappa shape index (κ2) is 4.93.